The molecule has 1 rings (SSSR count). The average molecular weight is 179 g/mol. The van der Waals surface area contributed by atoms with Crippen LogP contribution >= 0.6 is 0 Å². The van der Waals surface area contributed by atoms with Gasteiger partial charge in [0.1, 0.15) is 5.75 Å². The van der Waals surface area contributed by atoms with Crippen molar-refractivity contribution in [3.05, 3.63) is 23.3 Å². The van der Waals surface area contributed by atoms with E-state index >= 15 is 0 Å². The third-order valence-electron chi connectivity index (χ3n) is 1.99. The maximum absolute atomic E-state index is 5.32. The number of benzene rings is 1. The van der Waals surface area contributed by atoms with E-state index in [1.54, 1.807) is 7.11 Å². The van der Waals surface area contributed by atoms with Gasteiger partial charge in [0.25, 0.3) is 0 Å². The van der Waals surface area contributed by atoms with Crippen molar-refractivity contribution >= 4 is 5.69 Å². The van der Waals surface area contributed by atoms with Gasteiger partial charge in [0.05, 0.1) is 12.8 Å². The second-order valence-corrected chi connectivity index (χ2v) is 3.19. The van der Waals surface area contributed by atoms with Crippen LogP contribution in [0.1, 0.15) is 18.1 Å². The van der Waals surface area contributed by atoms with E-state index in [4.69, 9.17) is 4.74 Å². The number of nitrogens with one attached hydrogen (secondary N) is 1. The van der Waals surface area contributed by atoms with Crippen molar-refractivity contribution in [3.63, 3.8) is 0 Å². The van der Waals surface area contributed by atoms with Crippen molar-refractivity contribution in [3.8, 4) is 5.75 Å². The summed E-state index contributed by atoms with van der Waals surface area (Å²) in [5.41, 5.74) is 3.52. The molecule has 0 unspecified atom stereocenters. The molecule has 0 aliphatic heterocycles. The fraction of sp³-hybridized carbons (Fsp3) is 0.455. The van der Waals surface area contributed by atoms with Crippen LogP contribution in [0.5, 0.6) is 5.75 Å². The Kier molecular flexibility index (Phi) is 3.18. The third kappa shape index (κ3) is 2.14. The molecular formula is C11H17NO. The molecule has 0 saturated heterocycles. The van der Waals surface area contributed by atoms with Gasteiger partial charge in [-0.25, -0.2) is 0 Å². The number of hydrogen-bond donors (Lipinski definition) is 1. The van der Waals surface area contributed by atoms with Gasteiger partial charge in [-0.15, -0.1) is 0 Å². The van der Waals surface area contributed by atoms with E-state index in [2.05, 4.69) is 38.2 Å². The van der Waals surface area contributed by atoms with Crippen molar-refractivity contribution in [2.45, 2.75) is 20.8 Å². The smallest absolute Gasteiger partial charge is 0.144 e. The quantitative estimate of drug-likeness (QED) is 0.770. The summed E-state index contributed by atoms with van der Waals surface area (Å²) in [6, 6.07) is 4.23. The molecule has 0 spiro atoms. The van der Waals surface area contributed by atoms with Crippen molar-refractivity contribution in [1.82, 2.24) is 0 Å². The molecule has 1 aromatic carbocycles. The zero-order valence-electron chi connectivity index (χ0n) is 8.77. The van der Waals surface area contributed by atoms with Gasteiger partial charge < -0.3 is 10.1 Å². The number of anilines is 1. The van der Waals surface area contributed by atoms with Crippen LogP contribution < -0.4 is 10.1 Å². The van der Waals surface area contributed by atoms with E-state index in [1.807, 2.05) is 0 Å². The zero-order chi connectivity index (χ0) is 9.84. The molecule has 0 aromatic heterocycles. The van der Waals surface area contributed by atoms with E-state index in [-0.39, 0.29) is 0 Å². The van der Waals surface area contributed by atoms with E-state index in [9.17, 15) is 0 Å². The zero-order valence-corrected chi connectivity index (χ0v) is 8.77. The summed E-state index contributed by atoms with van der Waals surface area (Å²) in [4.78, 5) is 0. The van der Waals surface area contributed by atoms with Gasteiger partial charge in [-0.3, -0.25) is 0 Å². The molecule has 0 amide bonds. The lowest BCUT2D eigenvalue weighted by Crippen LogP contribution is -2.01. The highest BCUT2D eigenvalue weighted by molar-refractivity contribution is 5.61. The molecule has 0 atom stereocenters. The maximum Gasteiger partial charge on any atom is 0.144 e. The first-order valence-electron chi connectivity index (χ1n) is 4.58. The second kappa shape index (κ2) is 4.17. The van der Waals surface area contributed by atoms with Crippen molar-refractivity contribution in [1.29, 1.82) is 0 Å². The Labute approximate surface area is 79.9 Å². The van der Waals surface area contributed by atoms with Crippen LogP contribution in [-0.2, 0) is 0 Å². The van der Waals surface area contributed by atoms with Gasteiger partial charge in [-0.05, 0) is 38.0 Å². The summed E-state index contributed by atoms with van der Waals surface area (Å²) in [7, 11) is 1.71. The van der Waals surface area contributed by atoms with Gasteiger partial charge in [0.2, 0.25) is 0 Å². The minimum absolute atomic E-state index is 0.916. The fourth-order valence-corrected chi connectivity index (χ4v) is 1.55. The molecule has 0 bridgehead atoms. The summed E-state index contributed by atoms with van der Waals surface area (Å²) in [5, 5.41) is 3.28. The normalized spacial score (nSPS) is 9.85. The summed E-state index contributed by atoms with van der Waals surface area (Å²) < 4.78 is 5.32. The van der Waals surface area contributed by atoms with Crippen molar-refractivity contribution in [2.24, 2.45) is 0 Å². The largest absolute Gasteiger partial charge is 0.494 e. The Bertz CT molecular complexity index is 294. The maximum atomic E-state index is 5.32. The molecule has 72 valence electrons. The molecule has 0 fully saturated rings. The average Bonchev–Trinajstić information content (AvgIpc) is 2.04. The topological polar surface area (TPSA) is 21.3 Å². The van der Waals surface area contributed by atoms with Gasteiger partial charge in [-0.2, -0.15) is 0 Å². The first kappa shape index (κ1) is 9.90. The van der Waals surface area contributed by atoms with Gasteiger partial charge >= 0.3 is 0 Å². The van der Waals surface area contributed by atoms with E-state index in [0.717, 1.165) is 18.0 Å². The van der Waals surface area contributed by atoms with Crippen molar-refractivity contribution in [2.75, 3.05) is 19.0 Å². The highest BCUT2D eigenvalue weighted by atomic mass is 16.5. The molecule has 1 aromatic rings. The Morgan fingerprint density at radius 3 is 2.54 bits per heavy atom. The van der Waals surface area contributed by atoms with Crippen LogP contribution in [0.2, 0.25) is 0 Å². The number of rotatable bonds is 3. The summed E-state index contributed by atoms with van der Waals surface area (Å²) in [5.74, 6) is 0.951. The van der Waals surface area contributed by atoms with Crippen LogP contribution in [0.4, 0.5) is 5.69 Å². The third-order valence-corrected chi connectivity index (χ3v) is 1.99. The Morgan fingerprint density at radius 2 is 2.00 bits per heavy atom. The lowest BCUT2D eigenvalue weighted by Gasteiger charge is -2.13. The second-order valence-electron chi connectivity index (χ2n) is 3.19. The molecule has 1 N–H and O–H groups in total. The number of methoxy groups -OCH3 is 1. The van der Waals surface area contributed by atoms with Gasteiger partial charge in [0, 0.05) is 6.54 Å². The highest BCUT2D eigenvalue weighted by Gasteiger charge is 2.05. The minimum atomic E-state index is 0.916. The minimum Gasteiger partial charge on any atom is -0.494 e. The molecule has 0 radical (unpaired) electrons. The molecule has 2 heteroatoms. The van der Waals surface area contributed by atoms with Crippen LogP contribution in [0, 0.1) is 13.8 Å². The van der Waals surface area contributed by atoms with E-state index in [1.165, 1.54) is 11.1 Å². The Hall–Kier alpha value is -1.18. The van der Waals surface area contributed by atoms with Crippen LogP contribution in [0.25, 0.3) is 0 Å². The predicted octanol–water partition coefficient (Wildman–Crippen LogP) is 2.74. The number of hydrogen-bond acceptors (Lipinski definition) is 2. The number of aryl methyl sites for hydroxylation is 2. The fourth-order valence-electron chi connectivity index (χ4n) is 1.55. The van der Waals surface area contributed by atoms with E-state index < -0.39 is 0 Å². The molecular weight excluding hydrogens is 162 g/mol. The Morgan fingerprint density at radius 1 is 1.31 bits per heavy atom. The molecule has 0 aliphatic rings. The molecule has 0 saturated carbocycles. The number of ether oxygens (including phenoxy) is 1. The highest BCUT2D eigenvalue weighted by Crippen LogP contribution is 2.29. The van der Waals surface area contributed by atoms with Crippen LogP contribution in [0.15, 0.2) is 12.1 Å². The lowest BCUT2D eigenvalue weighted by atomic mass is 10.1. The Balaban J connectivity index is 3.13. The summed E-state index contributed by atoms with van der Waals surface area (Å²) in [6.07, 6.45) is 0. The predicted molar refractivity (Wildman–Crippen MR) is 56.6 cm³/mol. The first-order chi connectivity index (χ1) is 6.19. The van der Waals surface area contributed by atoms with Gasteiger partial charge in [0.15, 0.2) is 0 Å². The molecule has 13 heavy (non-hydrogen) atoms. The standard InChI is InChI=1S/C11H17NO/c1-5-12-10-7-8(2)6-9(3)11(10)13-4/h6-7,12H,5H2,1-4H3. The first-order valence-corrected chi connectivity index (χ1v) is 4.58. The molecule has 0 aliphatic carbocycles. The summed E-state index contributed by atoms with van der Waals surface area (Å²) in [6.45, 7) is 7.15. The SMILES string of the molecule is CCNc1cc(C)cc(C)c1OC. The van der Waals surface area contributed by atoms with Gasteiger partial charge in [-0.1, -0.05) is 6.07 Å². The lowest BCUT2D eigenvalue weighted by molar-refractivity contribution is 0.413. The van der Waals surface area contributed by atoms with Crippen LogP contribution in [-0.4, -0.2) is 13.7 Å². The van der Waals surface area contributed by atoms with E-state index in [0.29, 0.717) is 0 Å². The summed E-state index contributed by atoms with van der Waals surface area (Å²) >= 11 is 0. The molecule has 0 heterocycles. The molecule has 2 nitrogen and oxygen atoms in total. The monoisotopic (exact) mass is 179 g/mol. The van der Waals surface area contributed by atoms with Crippen molar-refractivity contribution < 1.29 is 4.74 Å². The van der Waals surface area contributed by atoms with Crippen LogP contribution in [0.3, 0.4) is 0 Å².